The Morgan fingerprint density at radius 1 is 1.27 bits per heavy atom. The van der Waals surface area contributed by atoms with E-state index in [-0.39, 0.29) is 0 Å². The molecule has 4 unspecified atom stereocenters. The molecule has 1 rings (SSSR count). The van der Waals surface area contributed by atoms with E-state index in [9.17, 15) is 0 Å². The zero-order chi connectivity index (χ0) is 11.3. The monoisotopic (exact) mass is 213 g/mol. The largest absolute Gasteiger partial charge is 0.377 e. The third-order valence-corrected chi connectivity index (χ3v) is 3.83. The van der Waals surface area contributed by atoms with Gasteiger partial charge in [-0.2, -0.15) is 0 Å². The predicted molar refractivity (Wildman–Crippen MR) is 65.1 cm³/mol. The molecule has 1 aliphatic heterocycles. The van der Waals surface area contributed by atoms with Gasteiger partial charge >= 0.3 is 0 Å². The first-order valence-corrected chi connectivity index (χ1v) is 6.56. The second-order valence-corrected chi connectivity index (χ2v) is 4.91. The van der Waals surface area contributed by atoms with Gasteiger partial charge in [0, 0.05) is 18.7 Å². The van der Waals surface area contributed by atoms with Crippen LogP contribution in [0.25, 0.3) is 0 Å². The molecule has 15 heavy (non-hydrogen) atoms. The minimum absolute atomic E-state index is 0.460. The van der Waals surface area contributed by atoms with Gasteiger partial charge in [0.1, 0.15) is 0 Å². The van der Waals surface area contributed by atoms with E-state index in [1.165, 1.54) is 25.7 Å². The van der Waals surface area contributed by atoms with Crippen LogP contribution in [0.3, 0.4) is 0 Å². The molecule has 4 atom stereocenters. The van der Waals surface area contributed by atoms with Crippen LogP contribution in [0.1, 0.15) is 53.4 Å². The Bertz CT molecular complexity index is 166. The van der Waals surface area contributed by atoms with Crippen LogP contribution in [0.4, 0.5) is 0 Å². The van der Waals surface area contributed by atoms with Gasteiger partial charge < -0.3 is 10.1 Å². The minimum atomic E-state index is 0.460. The van der Waals surface area contributed by atoms with Gasteiger partial charge in [0.15, 0.2) is 0 Å². The molecule has 0 saturated carbocycles. The Morgan fingerprint density at radius 2 is 2.00 bits per heavy atom. The van der Waals surface area contributed by atoms with Crippen molar-refractivity contribution in [2.45, 2.75) is 71.6 Å². The van der Waals surface area contributed by atoms with Crippen LogP contribution in [0.5, 0.6) is 0 Å². The Balaban J connectivity index is 2.38. The molecular weight excluding hydrogens is 186 g/mol. The molecule has 0 aromatic carbocycles. The standard InChI is InChI=1S/C13H27NO/c1-5-10(3)11(4)14-12(6-2)13-8-7-9-15-13/h10-14H,5-9H2,1-4H3. The topological polar surface area (TPSA) is 21.3 Å². The van der Waals surface area contributed by atoms with Crippen molar-refractivity contribution in [2.24, 2.45) is 5.92 Å². The Kier molecular flexibility index (Phi) is 5.62. The molecular formula is C13H27NO. The Labute approximate surface area is 94.8 Å². The van der Waals surface area contributed by atoms with E-state index in [2.05, 4.69) is 33.0 Å². The lowest BCUT2D eigenvalue weighted by Crippen LogP contribution is -2.46. The second kappa shape index (κ2) is 6.49. The molecule has 1 aliphatic rings. The van der Waals surface area contributed by atoms with Crippen molar-refractivity contribution >= 4 is 0 Å². The third-order valence-electron chi connectivity index (χ3n) is 3.83. The number of nitrogens with one attached hydrogen (secondary N) is 1. The van der Waals surface area contributed by atoms with Gasteiger partial charge in [0.05, 0.1) is 6.10 Å². The molecule has 90 valence electrons. The van der Waals surface area contributed by atoms with Crippen LogP contribution < -0.4 is 5.32 Å². The summed E-state index contributed by atoms with van der Waals surface area (Å²) in [5, 5.41) is 3.73. The highest BCUT2D eigenvalue weighted by atomic mass is 16.5. The molecule has 0 spiro atoms. The number of hydrogen-bond donors (Lipinski definition) is 1. The summed E-state index contributed by atoms with van der Waals surface area (Å²) in [7, 11) is 0. The highest BCUT2D eigenvalue weighted by Gasteiger charge is 2.26. The van der Waals surface area contributed by atoms with Gasteiger partial charge in [-0.3, -0.25) is 0 Å². The zero-order valence-corrected chi connectivity index (χ0v) is 10.8. The van der Waals surface area contributed by atoms with Crippen molar-refractivity contribution in [3.05, 3.63) is 0 Å². The van der Waals surface area contributed by atoms with Gasteiger partial charge in [-0.05, 0) is 32.1 Å². The van der Waals surface area contributed by atoms with Gasteiger partial charge in [0.25, 0.3) is 0 Å². The highest BCUT2D eigenvalue weighted by molar-refractivity contribution is 4.82. The molecule has 0 amide bonds. The lowest BCUT2D eigenvalue weighted by Gasteiger charge is -2.29. The van der Waals surface area contributed by atoms with E-state index in [0.29, 0.717) is 18.2 Å². The molecule has 0 aliphatic carbocycles. The van der Waals surface area contributed by atoms with Crippen LogP contribution in [0.2, 0.25) is 0 Å². The van der Waals surface area contributed by atoms with E-state index in [1.54, 1.807) is 0 Å². The summed E-state index contributed by atoms with van der Waals surface area (Å²) >= 11 is 0. The van der Waals surface area contributed by atoms with Crippen LogP contribution in [-0.2, 0) is 4.74 Å². The van der Waals surface area contributed by atoms with E-state index < -0.39 is 0 Å². The van der Waals surface area contributed by atoms with Gasteiger partial charge in [0.2, 0.25) is 0 Å². The van der Waals surface area contributed by atoms with Crippen molar-refractivity contribution in [3.63, 3.8) is 0 Å². The summed E-state index contributed by atoms with van der Waals surface area (Å²) in [6, 6.07) is 1.15. The summed E-state index contributed by atoms with van der Waals surface area (Å²) in [5.74, 6) is 0.750. The van der Waals surface area contributed by atoms with Crippen LogP contribution in [0, 0.1) is 5.92 Å². The lowest BCUT2D eigenvalue weighted by atomic mass is 9.97. The van der Waals surface area contributed by atoms with E-state index in [1.807, 2.05) is 0 Å². The smallest absolute Gasteiger partial charge is 0.0728 e. The molecule has 1 saturated heterocycles. The Morgan fingerprint density at radius 3 is 2.47 bits per heavy atom. The molecule has 1 N–H and O–H groups in total. The second-order valence-electron chi connectivity index (χ2n) is 4.91. The molecule has 0 radical (unpaired) electrons. The molecule has 2 heteroatoms. The first-order chi connectivity index (χ1) is 7.19. The Hall–Kier alpha value is -0.0800. The predicted octanol–water partition coefficient (Wildman–Crippen LogP) is 2.97. The van der Waals surface area contributed by atoms with Crippen molar-refractivity contribution in [3.8, 4) is 0 Å². The summed E-state index contributed by atoms with van der Waals surface area (Å²) in [6.45, 7) is 10.1. The summed E-state index contributed by atoms with van der Waals surface area (Å²) in [4.78, 5) is 0. The normalized spacial score (nSPS) is 27.6. The maximum atomic E-state index is 5.76. The summed E-state index contributed by atoms with van der Waals surface area (Å²) in [6.07, 6.45) is 5.35. The number of ether oxygens (including phenoxy) is 1. The van der Waals surface area contributed by atoms with E-state index in [0.717, 1.165) is 12.5 Å². The first kappa shape index (κ1) is 13.0. The van der Waals surface area contributed by atoms with Crippen LogP contribution in [0.15, 0.2) is 0 Å². The van der Waals surface area contributed by atoms with Crippen LogP contribution in [-0.4, -0.2) is 24.8 Å². The number of hydrogen-bond acceptors (Lipinski definition) is 2. The molecule has 1 fully saturated rings. The fourth-order valence-corrected chi connectivity index (χ4v) is 2.26. The van der Waals surface area contributed by atoms with Crippen molar-refractivity contribution in [2.75, 3.05) is 6.61 Å². The number of rotatable bonds is 6. The van der Waals surface area contributed by atoms with Crippen molar-refractivity contribution in [1.29, 1.82) is 0 Å². The van der Waals surface area contributed by atoms with Gasteiger partial charge in [-0.1, -0.05) is 27.2 Å². The molecule has 0 bridgehead atoms. The molecule has 0 aromatic rings. The quantitative estimate of drug-likeness (QED) is 0.732. The van der Waals surface area contributed by atoms with Crippen LogP contribution >= 0.6 is 0 Å². The lowest BCUT2D eigenvalue weighted by molar-refractivity contribution is 0.0706. The average Bonchev–Trinajstić information content (AvgIpc) is 2.77. The highest BCUT2D eigenvalue weighted by Crippen LogP contribution is 2.19. The maximum Gasteiger partial charge on any atom is 0.0728 e. The van der Waals surface area contributed by atoms with Gasteiger partial charge in [-0.15, -0.1) is 0 Å². The van der Waals surface area contributed by atoms with E-state index >= 15 is 0 Å². The third kappa shape index (κ3) is 3.76. The maximum absolute atomic E-state index is 5.76. The summed E-state index contributed by atoms with van der Waals surface area (Å²) in [5.41, 5.74) is 0. The van der Waals surface area contributed by atoms with E-state index in [4.69, 9.17) is 4.74 Å². The minimum Gasteiger partial charge on any atom is -0.377 e. The zero-order valence-electron chi connectivity index (χ0n) is 10.8. The molecule has 2 nitrogen and oxygen atoms in total. The fraction of sp³-hybridized carbons (Fsp3) is 1.00. The summed E-state index contributed by atoms with van der Waals surface area (Å²) < 4.78 is 5.76. The molecule has 0 aromatic heterocycles. The van der Waals surface area contributed by atoms with Crippen molar-refractivity contribution in [1.82, 2.24) is 5.32 Å². The van der Waals surface area contributed by atoms with Gasteiger partial charge in [-0.25, -0.2) is 0 Å². The first-order valence-electron chi connectivity index (χ1n) is 6.56. The molecule has 1 heterocycles. The SMILES string of the molecule is CCC(C)C(C)NC(CC)C1CCCO1. The average molecular weight is 213 g/mol. The van der Waals surface area contributed by atoms with Crippen molar-refractivity contribution < 1.29 is 4.74 Å². The fourth-order valence-electron chi connectivity index (χ4n) is 2.26.